The van der Waals surface area contributed by atoms with Gasteiger partial charge in [-0.2, -0.15) is 0 Å². The lowest BCUT2D eigenvalue weighted by atomic mass is 10.1. The minimum Gasteiger partial charge on any atom is -0.456 e. The SMILES string of the molecule is C=Cc1oc2ccccc2c1/C(N)=C(\C)N. The number of nitrogens with two attached hydrogens (primary N) is 2. The molecule has 1 aromatic heterocycles. The first-order chi connectivity index (χ1) is 7.65. The zero-order valence-corrected chi connectivity index (χ0v) is 9.16. The van der Waals surface area contributed by atoms with Gasteiger partial charge in [-0.1, -0.05) is 24.8 Å². The van der Waals surface area contributed by atoms with Gasteiger partial charge >= 0.3 is 0 Å². The summed E-state index contributed by atoms with van der Waals surface area (Å²) in [6, 6.07) is 7.70. The molecule has 82 valence electrons. The Kier molecular flexibility index (Phi) is 2.44. The summed E-state index contributed by atoms with van der Waals surface area (Å²) >= 11 is 0. The van der Waals surface area contributed by atoms with Gasteiger partial charge in [0.15, 0.2) is 0 Å². The van der Waals surface area contributed by atoms with E-state index >= 15 is 0 Å². The van der Waals surface area contributed by atoms with E-state index in [1.807, 2.05) is 24.3 Å². The Hall–Kier alpha value is -2.16. The van der Waals surface area contributed by atoms with E-state index in [2.05, 4.69) is 6.58 Å². The Morgan fingerprint density at radius 1 is 1.31 bits per heavy atom. The Labute approximate surface area is 94.0 Å². The van der Waals surface area contributed by atoms with E-state index in [-0.39, 0.29) is 0 Å². The average molecular weight is 214 g/mol. The van der Waals surface area contributed by atoms with Crippen molar-refractivity contribution in [3.63, 3.8) is 0 Å². The first-order valence-electron chi connectivity index (χ1n) is 5.01. The molecule has 3 heteroatoms. The molecule has 0 radical (unpaired) electrons. The molecule has 0 aliphatic carbocycles. The van der Waals surface area contributed by atoms with Gasteiger partial charge in [-0.05, 0) is 19.1 Å². The van der Waals surface area contributed by atoms with Crippen LogP contribution < -0.4 is 11.5 Å². The highest BCUT2D eigenvalue weighted by Gasteiger charge is 2.14. The molecule has 1 aromatic carbocycles. The standard InChI is InChI=1S/C13H14N2O/c1-3-10-12(13(15)8(2)14)9-6-4-5-7-11(9)16-10/h3-7H,1,14-15H2,2H3/b13-8-. The van der Waals surface area contributed by atoms with Crippen molar-refractivity contribution in [3.05, 3.63) is 47.9 Å². The highest BCUT2D eigenvalue weighted by Crippen LogP contribution is 2.30. The number of hydrogen-bond acceptors (Lipinski definition) is 3. The number of hydrogen-bond donors (Lipinski definition) is 2. The molecular formula is C13H14N2O. The van der Waals surface area contributed by atoms with Crippen LogP contribution in [0.15, 0.2) is 41.0 Å². The molecule has 0 aliphatic rings. The van der Waals surface area contributed by atoms with Crippen molar-refractivity contribution in [1.82, 2.24) is 0 Å². The summed E-state index contributed by atoms with van der Waals surface area (Å²) in [6.45, 7) is 5.48. The van der Waals surface area contributed by atoms with Gasteiger partial charge in [-0.3, -0.25) is 0 Å². The van der Waals surface area contributed by atoms with Crippen LogP contribution in [0.2, 0.25) is 0 Å². The van der Waals surface area contributed by atoms with Crippen molar-refractivity contribution >= 4 is 22.7 Å². The summed E-state index contributed by atoms with van der Waals surface area (Å²) in [5.41, 5.74) is 14.4. The molecule has 0 amide bonds. The van der Waals surface area contributed by atoms with E-state index in [1.54, 1.807) is 13.0 Å². The van der Waals surface area contributed by atoms with E-state index in [0.29, 0.717) is 17.2 Å². The summed E-state index contributed by atoms with van der Waals surface area (Å²) in [5.74, 6) is 0.656. The normalized spacial score (nSPS) is 12.6. The first kappa shape index (κ1) is 10.4. The summed E-state index contributed by atoms with van der Waals surface area (Å²) < 4.78 is 5.63. The minimum absolute atomic E-state index is 0.542. The molecule has 0 unspecified atom stereocenters. The number of fused-ring (bicyclic) bond motifs is 1. The second kappa shape index (κ2) is 3.77. The summed E-state index contributed by atoms with van der Waals surface area (Å²) in [6.07, 6.45) is 1.64. The van der Waals surface area contributed by atoms with Crippen LogP contribution in [0.1, 0.15) is 18.2 Å². The van der Waals surface area contributed by atoms with Crippen molar-refractivity contribution in [3.8, 4) is 0 Å². The number of benzene rings is 1. The predicted octanol–water partition coefficient (Wildman–Crippen LogP) is 2.68. The second-order valence-corrected chi connectivity index (χ2v) is 3.64. The zero-order valence-electron chi connectivity index (χ0n) is 9.16. The summed E-state index contributed by atoms with van der Waals surface area (Å²) in [7, 11) is 0. The maximum atomic E-state index is 5.97. The van der Waals surface area contributed by atoms with Crippen LogP contribution in [0.4, 0.5) is 0 Å². The van der Waals surface area contributed by atoms with Gasteiger partial charge in [-0.25, -0.2) is 0 Å². The molecule has 3 nitrogen and oxygen atoms in total. The van der Waals surface area contributed by atoms with E-state index in [9.17, 15) is 0 Å². The average Bonchev–Trinajstić information content (AvgIpc) is 2.66. The van der Waals surface area contributed by atoms with E-state index in [4.69, 9.17) is 15.9 Å². The molecule has 0 saturated heterocycles. The molecule has 0 fully saturated rings. The highest BCUT2D eigenvalue weighted by atomic mass is 16.3. The minimum atomic E-state index is 0.542. The lowest BCUT2D eigenvalue weighted by Crippen LogP contribution is -2.06. The monoisotopic (exact) mass is 214 g/mol. The van der Waals surface area contributed by atoms with E-state index in [0.717, 1.165) is 16.5 Å². The highest BCUT2D eigenvalue weighted by molar-refractivity contribution is 5.94. The molecule has 1 heterocycles. The van der Waals surface area contributed by atoms with Crippen molar-refractivity contribution in [2.45, 2.75) is 6.92 Å². The van der Waals surface area contributed by atoms with Crippen LogP contribution in [0.5, 0.6) is 0 Å². The van der Waals surface area contributed by atoms with Gasteiger partial charge in [0.25, 0.3) is 0 Å². The van der Waals surface area contributed by atoms with Gasteiger partial charge in [-0.15, -0.1) is 0 Å². The topological polar surface area (TPSA) is 65.2 Å². The van der Waals surface area contributed by atoms with Gasteiger partial charge < -0.3 is 15.9 Å². The number of para-hydroxylation sites is 1. The van der Waals surface area contributed by atoms with Crippen molar-refractivity contribution in [1.29, 1.82) is 0 Å². The fourth-order valence-corrected chi connectivity index (χ4v) is 1.68. The molecule has 0 bridgehead atoms. The van der Waals surface area contributed by atoms with Crippen LogP contribution in [0.25, 0.3) is 22.7 Å². The van der Waals surface area contributed by atoms with E-state index in [1.165, 1.54) is 0 Å². The molecule has 2 aromatic rings. The quantitative estimate of drug-likeness (QED) is 0.807. The van der Waals surface area contributed by atoms with Crippen LogP contribution in [0, 0.1) is 0 Å². The fraction of sp³-hybridized carbons (Fsp3) is 0.0769. The van der Waals surface area contributed by atoms with Gasteiger partial charge in [0.1, 0.15) is 11.3 Å². The Bertz CT molecular complexity index is 575. The first-order valence-corrected chi connectivity index (χ1v) is 5.01. The molecule has 0 saturated carbocycles. The number of furan rings is 1. The van der Waals surface area contributed by atoms with Crippen LogP contribution in [-0.2, 0) is 0 Å². The molecule has 2 rings (SSSR count). The third-order valence-electron chi connectivity index (χ3n) is 2.50. The number of rotatable bonds is 2. The molecule has 0 atom stereocenters. The van der Waals surface area contributed by atoms with Gasteiger partial charge in [0, 0.05) is 11.1 Å². The van der Waals surface area contributed by atoms with E-state index < -0.39 is 0 Å². The van der Waals surface area contributed by atoms with Crippen LogP contribution in [0.3, 0.4) is 0 Å². The molecular weight excluding hydrogens is 200 g/mol. The Morgan fingerprint density at radius 2 is 2.00 bits per heavy atom. The van der Waals surface area contributed by atoms with Crippen LogP contribution in [-0.4, -0.2) is 0 Å². The van der Waals surface area contributed by atoms with Crippen LogP contribution >= 0.6 is 0 Å². The molecule has 0 spiro atoms. The number of allylic oxidation sites excluding steroid dienone is 1. The summed E-state index contributed by atoms with van der Waals surface area (Å²) in [5, 5.41) is 0.958. The third-order valence-corrected chi connectivity index (χ3v) is 2.50. The second-order valence-electron chi connectivity index (χ2n) is 3.64. The maximum absolute atomic E-state index is 5.97. The van der Waals surface area contributed by atoms with Crippen molar-refractivity contribution in [2.24, 2.45) is 11.5 Å². The maximum Gasteiger partial charge on any atom is 0.136 e. The fourth-order valence-electron chi connectivity index (χ4n) is 1.68. The zero-order chi connectivity index (χ0) is 11.7. The molecule has 4 N–H and O–H groups in total. The third kappa shape index (κ3) is 1.46. The molecule has 16 heavy (non-hydrogen) atoms. The van der Waals surface area contributed by atoms with Crippen molar-refractivity contribution < 1.29 is 4.42 Å². The van der Waals surface area contributed by atoms with Gasteiger partial charge in [0.2, 0.25) is 0 Å². The molecule has 0 aliphatic heterocycles. The summed E-state index contributed by atoms with van der Waals surface area (Å²) in [4.78, 5) is 0. The lowest BCUT2D eigenvalue weighted by molar-refractivity contribution is 0.603. The largest absolute Gasteiger partial charge is 0.456 e. The Balaban J connectivity index is 2.85. The Morgan fingerprint density at radius 3 is 2.62 bits per heavy atom. The predicted molar refractivity (Wildman–Crippen MR) is 67.3 cm³/mol. The lowest BCUT2D eigenvalue weighted by Gasteiger charge is -2.02. The van der Waals surface area contributed by atoms with Crippen molar-refractivity contribution in [2.75, 3.05) is 0 Å². The smallest absolute Gasteiger partial charge is 0.136 e. The van der Waals surface area contributed by atoms with Gasteiger partial charge in [0.05, 0.1) is 11.3 Å².